The molecule has 27 heavy (non-hydrogen) atoms. The maximum Gasteiger partial charge on any atom is 0.418 e. The molecule has 11 heteroatoms. The van der Waals surface area contributed by atoms with Crippen LogP contribution in [-0.4, -0.2) is 26.1 Å². The molecule has 0 unspecified atom stereocenters. The number of ether oxygens (including phenoxy) is 1. The monoisotopic (exact) mass is 397 g/mol. The van der Waals surface area contributed by atoms with Crippen molar-refractivity contribution >= 4 is 17.5 Å². The standard InChI is InChI=1S/C16H11ClF3N5O2/c17-10-3-6-13(12(7-10)16(18,19)20)25-14(22-23-24-25)8-27-11-4-1-9(2-5-11)15(21)26/h1-7H,8H2,(H2,21,26). The molecule has 3 aromatic rings. The zero-order valence-electron chi connectivity index (χ0n) is 13.4. The van der Waals surface area contributed by atoms with Gasteiger partial charge in [0.15, 0.2) is 5.82 Å². The molecule has 0 saturated heterocycles. The summed E-state index contributed by atoms with van der Waals surface area (Å²) in [4.78, 5) is 11.0. The molecule has 3 rings (SSSR count). The summed E-state index contributed by atoms with van der Waals surface area (Å²) in [6, 6.07) is 9.19. The first-order chi connectivity index (χ1) is 12.8. The number of alkyl halides is 3. The first kappa shape index (κ1) is 18.6. The van der Waals surface area contributed by atoms with Gasteiger partial charge < -0.3 is 10.5 Å². The molecule has 1 aromatic heterocycles. The van der Waals surface area contributed by atoms with Crippen molar-refractivity contribution in [1.29, 1.82) is 0 Å². The van der Waals surface area contributed by atoms with E-state index in [0.29, 0.717) is 11.3 Å². The lowest BCUT2D eigenvalue weighted by Gasteiger charge is -2.14. The van der Waals surface area contributed by atoms with Crippen molar-refractivity contribution in [2.45, 2.75) is 12.8 Å². The quantitative estimate of drug-likeness (QED) is 0.714. The molecule has 0 aliphatic carbocycles. The van der Waals surface area contributed by atoms with Crippen LogP contribution >= 0.6 is 11.6 Å². The van der Waals surface area contributed by atoms with Crippen LogP contribution in [0.1, 0.15) is 21.7 Å². The molecule has 1 amide bonds. The fraction of sp³-hybridized carbons (Fsp3) is 0.125. The Balaban J connectivity index is 1.86. The number of amides is 1. The molecule has 0 spiro atoms. The SMILES string of the molecule is NC(=O)c1ccc(OCc2nnnn2-c2ccc(Cl)cc2C(F)(F)F)cc1. The third-order valence-electron chi connectivity index (χ3n) is 3.53. The second-order valence-corrected chi connectivity index (χ2v) is 5.78. The second-order valence-electron chi connectivity index (χ2n) is 5.34. The smallest absolute Gasteiger partial charge is 0.418 e. The van der Waals surface area contributed by atoms with Gasteiger partial charge in [0, 0.05) is 10.6 Å². The van der Waals surface area contributed by atoms with E-state index >= 15 is 0 Å². The van der Waals surface area contributed by atoms with Gasteiger partial charge in [0.1, 0.15) is 12.4 Å². The number of halogens is 4. The highest BCUT2D eigenvalue weighted by molar-refractivity contribution is 6.30. The number of nitrogens with zero attached hydrogens (tertiary/aromatic N) is 4. The van der Waals surface area contributed by atoms with Crippen molar-refractivity contribution in [2.75, 3.05) is 0 Å². The highest BCUT2D eigenvalue weighted by Crippen LogP contribution is 2.35. The molecule has 2 aromatic carbocycles. The molecule has 0 fully saturated rings. The van der Waals surface area contributed by atoms with Gasteiger partial charge >= 0.3 is 6.18 Å². The first-order valence-corrected chi connectivity index (χ1v) is 7.80. The van der Waals surface area contributed by atoms with Crippen molar-refractivity contribution < 1.29 is 22.7 Å². The van der Waals surface area contributed by atoms with Gasteiger partial charge in [-0.1, -0.05) is 11.6 Å². The number of hydrogen-bond donors (Lipinski definition) is 1. The number of nitrogens with two attached hydrogens (primary N) is 1. The Morgan fingerprint density at radius 2 is 1.89 bits per heavy atom. The molecule has 0 aliphatic heterocycles. The third kappa shape index (κ3) is 4.17. The first-order valence-electron chi connectivity index (χ1n) is 7.43. The molecule has 2 N–H and O–H groups in total. The molecule has 7 nitrogen and oxygen atoms in total. The van der Waals surface area contributed by atoms with Crippen molar-refractivity contribution in [2.24, 2.45) is 5.73 Å². The van der Waals surface area contributed by atoms with Crippen LogP contribution in [0.25, 0.3) is 5.69 Å². The van der Waals surface area contributed by atoms with E-state index in [1.165, 1.54) is 36.4 Å². The molecule has 0 aliphatic rings. The molecule has 0 radical (unpaired) electrons. The van der Waals surface area contributed by atoms with Crippen LogP contribution in [0.2, 0.25) is 5.02 Å². The predicted octanol–water partition coefficient (Wildman–Crippen LogP) is 3.01. The van der Waals surface area contributed by atoms with E-state index in [0.717, 1.165) is 10.7 Å². The Hall–Kier alpha value is -3.14. The van der Waals surface area contributed by atoms with E-state index in [4.69, 9.17) is 22.1 Å². The number of aromatic nitrogens is 4. The fourth-order valence-electron chi connectivity index (χ4n) is 2.27. The summed E-state index contributed by atoms with van der Waals surface area (Å²) in [6.07, 6.45) is -4.64. The van der Waals surface area contributed by atoms with Gasteiger partial charge in [0.25, 0.3) is 0 Å². The maximum atomic E-state index is 13.3. The predicted molar refractivity (Wildman–Crippen MR) is 88.5 cm³/mol. The molecule has 0 atom stereocenters. The summed E-state index contributed by atoms with van der Waals surface area (Å²) < 4.78 is 46.3. The summed E-state index contributed by atoms with van der Waals surface area (Å²) in [5.74, 6) is -0.184. The number of carbonyl (C=O) groups excluding carboxylic acids is 1. The molecule has 1 heterocycles. The van der Waals surface area contributed by atoms with E-state index < -0.39 is 17.6 Å². The Bertz CT molecular complexity index is 973. The van der Waals surface area contributed by atoms with Crippen LogP contribution in [0.4, 0.5) is 13.2 Å². The van der Waals surface area contributed by atoms with E-state index in [1.807, 2.05) is 0 Å². The van der Waals surface area contributed by atoms with Gasteiger partial charge in [-0.25, -0.2) is 0 Å². The number of primary amides is 1. The van der Waals surface area contributed by atoms with Gasteiger partial charge in [0.05, 0.1) is 11.3 Å². The minimum atomic E-state index is -4.64. The summed E-state index contributed by atoms with van der Waals surface area (Å²) in [5, 5.41) is 10.7. The van der Waals surface area contributed by atoms with Crippen LogP contribution < -0.4 is 10.5 Å². The average molecular weight is 398 g/mol. The third-order valence-corrected chi connectivity index (χ3v) is 3.77. The molecule has 140 valence electrons. The van der Waals surface area contributed by atoms with Crippen molar-refractivity contribution in [1.82, 2.24) is 20.2 Å². The van der Waals surface area contributed by atoms with E-state index in [-0.39, 0.29) is 23.1 Å². The zero-order valence-corrected chi connectivity index (χ0v) is 14.2. The summed E-state index contributed by atoms with van der Waals surface area (Å²) >= 11 is 5.68. The normalized spacial score (nSPS) is 11.4. The lowest BCUT2D eigenvalue weighted by Crippen LogP contribution is -2.14. The molecule has 0 saturated carbocycles. The largest absolute Gasteiger partial charge is 0.486 e. The number of hydrogen-bond acceptors (Lipinski definition) is 5. The van der Waals surface area contributed by atoms with Crippen LogP contribution in [0, 0.1) is 0 Å². The van der Waals surface area contributed by atoms with Crippen LogP contribution in [0.3, 0.4) is 0 Å². The summed E-state index contributed by atoms with van der Waals surface area (Å²) in [5.41, 5.74) is 4.19. The zero-order chi connectivity index (χ0) is 19.6. The van der Waals surface area contributed by atoms with Gasteiger partial charge in [-0.3, -0.25) is 4.79 Å². The van der Waals surface area contributed by atoms with E-state index in [9.17, 15) is 18.0 Å². The highest BCUT2D eigenvalue weighted by Gasteiger charge is 2.35. The van der Waals surface area contributed by atoms with E-state index in [1.54, 1.807) is 0 Å². The molecule has 0 bridgehead atoms. The summed E-state index contributed by atoms with van der Waals surface area (Å²) in [7, 11) is 0. The fourth-order valence-corrected chi connectivity index (χ4v) is 2.44. The van der Waals surface area contributed by atoms with Crippen molar-refractivity contribution in [3.05, 3.63) is 64.4 Å². The Kier molecular flexibility index (Phi) is 5.00. The Labute approximate surface area is 155 Å². The number of tetrazole rings is 1. The summed E-state index contributed by atoms with van der Waals surface area (Å²) in [6.45, 7) is -0.206. The van der Waals surface area contributed by atoms with E-state index in [2.05, 4.69) is 15.5 Å². The molecular formula is C16H11ClF3N5O2. The minimum Gasteiger partial charge on any atom is -0.486 e. The van der Waals surface area contributed by atoms with Crippen molar-refractivity contribution in [3.63, 3.8) is 0 Å². The van der Waals surface area contributed by atoms with Crippen LogP contribution in [-0.2, 0) is 12.8 Å². The van der Waals surface area contributed by atoms with Crippen LogP contribution in [0.5, 0.6) is 5.75 Å². The van der Waals surface area contributed by atoms with Gasteiger partial charge in [-0.2, -0.15) is 17.9 Å². The number of rotatable bonds is 5. The highest BCUT2D eigenvalue weighted by atomic mass is 35.5. The molecular weight excluding hydrogens is 387 g/mol. The Morgan fingerprint density at radius 3 is 2.52 bits per heavy atom. The minimum absolute atomic E-state index is 0.0433. The lowest BCUT2D eigenvalue weighted by atomic mass is 10.1. The lowest BCUT2D eigenvalue weighted by molar-refractivity contribution is -0.137. The van der Waals surface area contributed by atoms with Gasteiger partial charge in [0.2, 0.25) is 5.91 Å². The topological polar surface area (TPSA) is 95.9 Å². The number of benzene rings is 2. The van der Waals surface area contributed by atoms with Gasteiger partial charge in [-0.05, 0) is 52.9 Å². The van der Waals surface area contributed by atoms with Crippen LogP contribution in [0.15, 0.2) is 42.5 Å². The van der Waals surface area contributed by atoms with Crippen molar-refractivity contribution in [3.8, 4) is 11.4 Å². The van der Waals surface area contributed by atoms with Gasteiger partial charge in [-0.15, -0.1) is 5.10 Å². The number of carbonyl (C=O) groups is 1. The second kappa shape index (κ2) is 7.23. The average Bonchev–Trinajstić information content (AvgIpc) is 3.08. The maximum absolute atomic E-state index is 13.3. The Morgan fingerprint density at radius 1 is 1.19 bits per heavy atom.